The maximum Gasteiger partial charge on any atom is 0.425 e. The Bertz CT molecular complexity index is 1130. The predicted molar refractivity (Wildman–Crippen MR) is 154 cm³/mol. The molecule has 8 nitrogen and oxygen atoms in total. The fraction of sp³-hybridized carbons (Fsp3) is 0.600. The van der Waals surface area contributed by atoms with Gasteiger partial charge < -0.3 is 24.3 Å². The number of ether oxygens (including phenoxy) is 2. The van der Waals surface area contributed by atoms with Crippen LogP contribution in [0.4, 0.5) is 5.69 Å². The lowest BCUT2D eigenvalue weighted by molar-refractivity contribution is -0.128. The molecule has 0 aliphatic carbocycles. The van der Waals surface area contributed by atoms with Crippen molar-refractivity contribution in [1.82, 2.24) is 4.57 Å². The summed E-state index contributed by atoms with van der Waals surface area (Å²) in [6.07, 6.45) is 14.9. The number of benzene rings is 1. The molecular weight excluding hydrogens is 520 g/mol. The Balaban J connectivity index is 2.00. The first-order valence-corrected chi connectivity index (χ1v) is 14.5. The molecular formula is C30H43ClN2O6. The number of anilines is 1. The highest BCUT2D eigenvalue weighted by atomic mass is 35.5. The molecule has 0 bridgehead atoms. The summed E-state index contributed by atoms with van der Waals surface area (Å²) in [6.45, 7) is 6.22. The molecule has 0 spiro atoms. The summed E-state index contributed by atoms with van der Waals surface area (Å²) in [4.78, 5) is 25.8. The molecule has 1 amide bonds. The van der Waals surface area contributed by atoms with E-state index in [0.717, 1.165) is 23.8 Å². The minimum Gasteiger partial charge on any atom is -0.492 e. The number of halogens is 1. The van der Waals surface area contributed by atoms with Crippen molar-refractivity contribution in [3.63, 3.8) is 0 Å². The number of oxazole rings is 1. The lowest BCUT2D eigenvalue weighted by atomic mass is 10.1. The lowest BCUT2D eigenvalue weighted by Crippen LogP contribution is -2.32. The van der Waals surface area contributed by atoms with Gasteiger partial charge in [-0.3, -0.25) is 4.79 Å². The monoisotopic (exact) mass is 562 g/mol. The normalized spacial score (nSPS) is 11.5. The molecule has 0 fully saturated rings. The zero-order valence-corrected chi connectivity index (χ0v) is 24.3. The van der Waals surface area contributed by atoms with Crippen LogP contribution in [0.2, 0.25) is 5.02 Å². The van der Waals surface area contributed by atoms with Crippen LogP contribution in [0.5, 0.6) is 11.6 Å². The van der Waals surface area contributed by atoms with Gasteiger partial charge in [0.25, 0.3) is 12.1 Å². The van der Waals surface area contributed by atoms with Crippen LogP contribution >= 0.6 is 11.6 Å². The first-order chi connectivity index (χ1) is 18.9. The Hall–Kier alpha value is -3.05. The standard InChI is InChI=1S/C30H43ClN2O6/c1-4-7-9-10-11-12-13-14-15-16-21-37-25-19-18-23(31)22-24(25)32-27(34)29(38-20-6-3)33-28(35)26(17-8-5-2)39-30(33)36/h18-19,22,29,35H,4-5,7-17,21H2,1-3H3,(H,32,34). The first kappa shape index (κ1) is 32.2. The van der Waals surface area contributed by atoms with Crippen molar-refractivity contribution in [1.29, 1.82) is 0 Å². The van der Waals surface area contributed by atoms with E-state index < -0.39 is 23.8 Å². The lowest BCUT2D eigenvalue weighted by Gasteiger charge is -2.17. The van der Waals surface area contributed by atoms with Crippen LogP contribution in [0.1, 0.15) is 110 Å². The minimum atomic E-state index is -1.59. The SMILES string of the molecule is CC#COC(C(=O)Nc1cc(Cl)ccc1OCCCCCCCCCCCC)n1c(O)c(CCCC)oc1=O. The molecule has 0 aliphatic rings. The molecule has 0 saturated heterocycles. The van der Waals surface area contributed by atoms with Gasteiger partial charge in [-0.25, -0.2) is 4.79 Å². The van der Waals surface area contributed by atoms with Gasteiger partial charge >= 0.3 is 5.76 Å². The van der Waals surface area contributed by atoms with Crippen molar-refractivity contribution in [3.05, 3.63) is 39.5 Å². The van der Waals surface area contributed by atoms with E-state index in [2.05, 4.69) is 24.3 Å². The molecule has 216 valence electrons. The number of amides is 1. The average molecular weight is 563 g/mol. The van der Waals surface area contributed by atoms with Crippen molar-refractivity contribution in [3.8, 4) is 23.7 Å². The molecule has 1 atom stereocenters. The number of aryl methyl sites for hydroxylation is 1. The summed E-state index contributed by atoms with van der Waals surface area (Å²) in [5, 5.41) is 13.7. The number of nitrogens with zero attached hydrogens (tertiary/aromatic N) is 1. The molecule has 2 rings (SSSR count). The highest BCUT2D eigenvalue weighted by molar-refractivity contribution is 6.31. The van der Waals surface area contributed by atoms with Crippen molar-refractivity contribution < 1.29 is 23.8 Å². The summed E-state index contributed by atoms with van der Waals surface area (Å²) in [5.41, 5.74) is 0.319. The summed E-state index contributed by atoms with van der Waals surface area (Å²) in [5.74, 6) is 0.934. The smallest absolute Gasteiger partial charge is 0.425 e. The number of aromatic nitrogens is 1. The van der Waals surface area contributed by atoms with E-state index in [0.29, 0.717) is 35.9 Å². The largest absolute Gasteiger partial charge is 0.492 e. The van der Waals surface area contributed by atoms with Crippen molar-refractivity contribution >= 4 is 23.2 Å². The van der Waals surface area contributed by atoms with E-state index in [-0.39, 0.29) is 5.76 Å². The second-order valence-electron chi connectivity index (χ2n) is 9.57. The van der Waals surface area contributed by atoms with Crippen LogP contribution in [0, 0.1) is 12.0 Å². The summed E-state index contributed by atoms with van der Waals surface area (Å²) < 4.78 is 17.2. The van der Waals surface area contributed by atoms with Crippen LogP contribution in [0.15, 0.2) is 27.4 Å². The zero-order valence-electron chi connectivity index (χ0n) is 23.5. The molecule has 1 aromatic heterocycles. The van der Waals surface area contributed by atoms with Crippen molar-refractivity contribution in [2.75, 3.05) is 11.9 Å². The molecule has 2 N–H and O–H groups in total. The Morgan fingerprint density at radius 2 is 1.69 bits per heavy atom. The molecule has 1 heterocycles. The third-order valence-corrected chi connectivity index (χ3v) is 6.56. The van der Waals surface area contributed by atoms with E-state index in [1.165, 1.54) is 58.3 Å². The second kappa shape index (κ2) is 18.3. The van der Waals surface area contributed by atoms with Crippen LogP contribution in [0.25, 0.3) is 0 Å². The van der Waals surface area contributed by atoms with Crippen molar-refractivity contribution in [2.45, 2.75) is 110 Å². The number of rotatable bonds is 19. The van der Waals surface area contributed by atoms with E-state index in [4.69, 9.17) is 25.5 Å². The van der Waals surface area contributed by atoms with Crippen molar-refractivity contribution in [2.24, 2.45) is 0 Å². The Morgan fingerprint density at radius 1 is 1.05 bits per heavy atom. The molecule has 0 aliphatic heterocycles. The summed E-state index contributed by atoms with van der Waals surface area (Å²) in [6, 6.07) is 4.91. The predicted octanol–water partition coefficient (Wildman–Crippen LogP) is 7.58. The average Bonchev–Trinajstić information content (AvgIpc) is 3.20. The maximum atomic E-state index is 13.3. The minimum absolute atomic E-state index is 0.0935. The van der Waals surface area contributed by atoms with E-state index in [9.17, 15) is 14.7 Å². The maximum absolute atomic E-state index is 13.3. The third-order valence-electron chi connectivity index (χ3n) is 6.33. The molecule has 39 heavy (non-hydrogen) atoms. The first-order valence-electron chi connectivity index (χ1n) is 14.2. The number of hydrogen-bond donors (Lipinski definition) is 2. The van der Waals surface area contributed by atoms with Gasteiger partial charge in [-0.15, -0.1) is 0 Å². The number of hydrogen-bond acceptors (Lipinski definition) is 6. The third kappa shape index (κ3) is 10.9. The second-order valence-corrected chi connectivity index (χ2v) is 10.0. The number of carbonyl (C=O) groups excluding carboxylic acids is 1. The zero-order chi connectivity index (χ0) is 28.5. The number of aromatic hydroxyl groups is 1. The van der Waals surface area contributed by atoms with E-state index >= 15 is 0 Å². The van der Waals surface area contributed by atoms with Gasteiger partial charge in [-0.2, -0.15) is 4.57 Å². The van der Waals surface area contributed by atoms with Crippen LogP contribution in [-0.4, -0.2) is 22.2 Å². The van der Waals surface area contributed by atoms with E-state index in [1.54, 1.807) is 18.2 Å². The van der Waals surface area contributed by atoms with E-state index in [1.807, 2.05) is 6.92 Å². The van der Waals surface area contributed by atoms with Gasteiger partial charge in [0.05, 0.1) is 12.3 Å². The van der Waals surface area contributed by atoms with Crippen LogP contribution < -0.4 is 15.8 Å². The topological polar surface area (TPSA) is 103 Å². The Morgan fingerprint density at radius 3 is 2.33 bits per heavy atom. The van der Waals surface area contributed by atoms with Crippen LogP contribution in [-0.2, 0) is 16.0 Å². The van der Waals surface area contributed by atoms with Gasteiger partial charge in [0.1, 0.15) is 11.9 Å². The fourth-order valence-electron chi connectivity index (χ4n) is 4.16. The van der Waals surface area contributed by atoms with Gasteiger partial charge in [-0.05, 0) is 31.0 Å². The Kier molecular flexibility index (Phi) is 15.1. The molecule has 2 aromatic rings. The summed E-state index contributed by atoms with van der Waals surface area (Å²) >= 11 is 6.18. The number of carbonyl (C=O) groups is 1. The van der Waals surface area contributed by atoms with Gasteiger partial charge in [0, 0.05) is 18.4 Å². The molecule has 0 radical (unpaired) electrons. The molecule has 0 saturated carbocycles. The van der Waals surface area contributed by atoms with Gasteiger partial charge in [0.2, 0.25) is 5.88 Å². The highest BCUT2D eigenvalue weighted by Gasteiger charge is 2.30. The number of nitrogens with one attached hydrogen (secondary N) is 1. The molecule has 1 aromatic carbocycles. The summed E-state index contributed by atoms with van der Waals surface area (Å²) in [7, 11) is 0. The molecule has 9 heteroatoms. The molecule has 1 unspecified atom stereocenters. The quantitative estimate of drug-likeness (QED) is 0.135. The fourth-order valence-corrected chi connectivity index (χ4v) is 4.33. The number of unbranched alkanes of at least 4 members (excludes halogenated alkanes) is 10. The Labute approximate surface area is 237 Å². The van der Waals surface area contributed by atoms with Gasteiger partial charge in [-0.1, -0.05) is 95.6 Å². The van der Waals surface area contributed by atoms with Gasteiger partial charge in [0.15, 0.2) is 5.76 Å². The highest BCUT2D eigenvalue weighted by Crippen LogP contribution is 2.30. The van der Waals surface area contributed by atoms with Crippen LogP contribution in [0.3, 0.4) is 0 Å².